The van der Waals surface area contributed by atoms with Crippen LogP contribution in [0.3, 0.4) is 0 Å². The molecule has 1 unspecified atom stereocenters. The third-order valence-corrected chi connectivity index (χ3v) is 3.57. The Morgan fingerprint density at radius 2 is 1.64 bits per heavy atom. The van der Waals surface area contributed by atoms with Gasteiger partial charge in [0.2, 0.25) is 6.29 Å². The van der Waals surface area contributed by atoms with Gasteiger partial charge in [0.25, 0.3) is 0 Å². The minimum absolute atomic E-state index is 0.0164. The lowest BCUT2D eigenvalue weighted by molar-refractivity contribution is -0.142. The van der Waals surface area contributed by atoms with E-state index in [1.165, 1.54) is 6.29 Å². The van der Waals surface area contributed by atoms with Crippen molar-refractivity contribution in [1.29, 1.82) is 0 Å². The van der Waals surface area contributed by atoms with E-state index in [0.29, 0.717) is 11.1 Å². The highest BCUT2D eigenvalue weighted by atomic mass is 16.5. The summed E-state index contributed by atoms with van der Waals surface area (Å²) in [6.45, 7) is -0.0863. The molecule has 0 saturated carbocycles. The molecule has 0 bridgehead atoms. The monoisotopic (exact) mass is 341 g/mol. The first-order valence-corrected chi connectivity index (χ1v) is 7.66. The van der Waals surface area contributed by atoms with Gasteiger partial charge in [0.05, 0.1) is 5.92 Å². The van der Waals surface area contributed by atoms with E-state index in [-0.39, 0.29) is 18.3 Å². The van der Waals surface area contributed by atoms with Crippen LogP contribution in [-0.4, -0.2) is 29.5 Å². The van der Waals surface area contributed by atoms with E-state index in [2.05, 4.69) is 0 Å². The van der Waals surface area contributed by atoms with Gasteiger partial charge in [0, 0.05) is 0 Å². The van der Waals surface area contributed by atoms with Crippen LogP contribution in [0, 0.1) is 5.92 Å². The lowest BCUT2D eigenvalue weighted by Crippen LogP contribution is -2.45. The molecule has 0 aliphatic carbocycles. The zero-order valence-corrected chi connectivity index (χ0v) is 13.4. The first-order chi connectivity index (χ1) is 12.5. The zero-order chi connectivity index (χ0) is 18.9. The highest BCUT2D eigenvalue weighted by Crippen LogP contribution is 2.13. The van der Waals surface area contributed by atoms with Crippen LogP contribution in [0.25, 0.3) is 0 Å². The van der Waals surface area contributed by atoms with E-state index in [1.54, 1.807) is 60.7 Å². The highest BCUT2D eigenvalue weighted by molar-refractivity contribution is 5.81. The second-order valence-corrected chi connectivity index (χ2v) is 5.37. The van der Waals surface area contributed by atoms with Crippen molar-refractivity contribution in [3.63, 3.8) is 0 Å². The quantitative estimate of drug-likeness (QED) is 0.769. The van der Waals surface area contributed by atoms with Crippen LogP contribution in [0.4, 0.5) is 4.79 Å². The van der Waals surface area contributed by atoms with Crippen LogP contribution < -0.4 is 5.31 Å². The lowest BCUT2D eigenvalue weighted by atomic mass is 9.93. The van der Waals surface area contributed by atoms with Gasteiger partial charge in [-0.15, -0.1) is 0 Å². The van der Waals surface area contributed by atoms with Gasteiger partial charge in [-0.1, -0.05) is 60.7 Å². The number of amides is 1. The fourth-order valence-electron chi connectivity index (χ4n) is 2.27. The van der Waals surface area contributed by atoms with Crippen LogP contribution >= 0.6 is 0 Å². The van der Waals surface area contributed by atoms with Crippen molar-refractivity contribution in [1.82, 2.24) is 5.31 Å². The number of ether oxygens (including phenoxy) is 1. The Bertz CT molecular complexity index is 738. The molecule has 6 heteroatoms. The van der Waals surface area contributed by atoms with Crippen molar-refractivity contribution in [2.75, 3.05) is 0 Å². The van der Waals surface area contributed by atoms with Gasteiger partial charge in [-0.25, -0.2) is 4.79 Å². The van der Waals surface area contributed by atoms with E-state index in [1.807, 2.05) is 0 Å². The van der Waals surface area contributed by atoms with E-state index in [4.69, 9.17) is 6.15 Å². The Kier molecular flexibility index (Phi) is 6.16. The first-order valence-electron chi connectivity index (χ1n) is 8.11. The molecule has 6 nitrogen and oxygen atoms in total. The molecule has 0 saturated heterocycles. The number of alkyl carbamates (subject to hydrolysis) is 1. The van der Waals surface area contributed by atoms with Gasteiger partial charge in [-0.3, -0.25) is 9.59 Å². The molecule has 0 aliphatic heterocycles. The number of hydrogen-bond acceptors (Lipinski definition) is 4. The zero-order valence-electron chi connectivity index (χ0n) is 14.4. The largest absolute Gasteiger partial charge is 0.481 e. The maximum Gasteiger partial charge on any atom is 0.408 e. The third kappa shape index (κ3) is 5.76. The first kappa shape index (κ1) is 16.7. The maximum atomic E-state index is 12.0. The second kappa shape index (κ2) is 9.22. The normalized spacial score (nSPS) is 13.2. The van der Waals surface area contributed by atoms with Gasteiger partial charge in [0.15, 0.2) is 1.41 Å². The lowest BCUT2D eigenvalue weighted by Gasteiger charge is -2.19. The number of carboxylic acid groups (broad SMARTS) is 1. The van der Waals surface area contributed by atoms with Crippen LogP contribution in [0.2, 0.25) is 1.41 Å². The van der Waals surface area contributed by atoms with E-state index in [9.17, 15) is 19.5 Å². The van der Waals surface area contributed by atoms with Crippen molar-refractivity contribution in [2.45, 2.75) is 19.1 Å². The minimum Gasteiger partial charge on any atom is -0.481 e. The molecule has 129 valence electrons. The molecule has 1 amide bonds. The van der Waals surface area contributed by atoms with Gasteiger partial charge in [-0.2, -0.15) is 0 Å². The maximum absolute atomic E-state index is 12.0. The van der Waals surface area contributed by atoms with Gasteiger partial charge >= 0.3 is 12.1 Å². The SMILES string of the molecule is [2H]N(C(=O)OCc1ccccc1)[C@H]([C]=O)C(Cc1ccccc1)C(=O)O. The Balaban J connectivity index is 2.06. The Hall–Kier alpha value is -3.15. The molecule has 2 atom stereocenters. The van der Waals surface area contributed by atoms with E-state index >= 15 is 0 Å². The predicted molar refractivity (Wildman–Crippen MR) is 90.5 cm³/mol. The molecule has 0 fully saturated rings. The van der Waals surface area contributed by atoms with Gasteiger partial charge in [-0.05, 0) is 17.5 Å². The Labute approximate surface area is 146 Å². The molecule has 0 spiro atoms. The van der Waals surface area contributed by atoms with Crippen LogP contribution in [0.15, 0.2) is 60.7 Å². The number of benzene rings is 2. The second-order valence-electron chi connectivity index (χ2n) is 5.37. The molecule has 2 N–H and O–H groups in total. The third-order valence-electron chi connectivity index (χ3n) is 3.57. The van der Waals surface area contributed by atoms with Crippen molar-refractivity contribution in [2.24, 2.45) is 5.92 Å². The predicted octanol–water partition coefficient (Wildman–Crippen LogP) is 2.33. The molecule has 2 aromatic carbocycles. The minimum atomic E-state index is -1.59. The standard InChI is InChI=1S/C19H18NO5/c21-12-17(16(18(22)23)11-14-7-3-1-4-8-14)20-19(24)25-13-15-9-5-2-6-10-15/h1-10,16-17H,11,13H2,(H,20,24)(H,22,23)/t16?,17-/m1/s1/i/hD. The molecule has 2 rings (SSSR count). The summed E-state index contributed by atoms with van der Waals surface area (Å²) in [4.78, 5) is 34.9. The number of nitrogens with one attached hydrogen (secondary N) is 1. The molecule has 0 aromatic heterocycles. The van der Waals surface area contributed by atoms with Gasteiger partial charge < -0.3 is 15.2 Å². The summed E-state index contributed by atoms with van der Waals surface area (Å²) in [5, 5.41) is 9.67. The molecular weight excluding hydrogens is 322 g/mol. The number of rotatable bonds is 8. The van der Waals surface area contributed by atoms with Crippen molar-refractivity contribution in [3.8, 4) is 0 Å². The fraction of sp³-hybridized carbons (Fsp3) is 0.211. The van der Waals surface area contributed by atoms with E-state index < -0.39 is 24.0 Å². The van der Waals surface area contributed by atoms with Gasteiger partial charge in [0.1, 0.15) is 12.6 Å². The molecule has 0 heterocycles. The van der Waals surface area contributed by atoms with Crippen LogP contribution in [-0.2, 0) is 27.4 Å². The molecular formula is C19H18NO5. The molecule has 0 aliphatic rings. The smallest absolute Gasteiger partial charge is 0.408 e. The summed E-state index contributed by atoms with van der Waals surface area (Å²) in [7, 11) is 0. The number of hydrogen-bond donors (Lipinski definition) is 2. The summed E-state index contributed by atoms with van der Waals surface area (Å²) in [6.07, 6.45) is 0.363. The fourth-order valence-corrected chi connectivity index (χ4v) is 2.27. The van der Waals surface area contributed by atoms with Crippen molar-refractivity contribution >= 4 is 18.3 Å². The highest BCUT2D eigenvalue weighted by Gasteiger charge is 2.30. The van der Waals surface area contributed by atoms with E-state index in [0.717, 1.165) is 0 Å². The average Bonchev–Trinajstić information content (AvgIpc) is 2.67. The Morgan fingerprint density at radius 1 is 1.08 bits per heavy atom. The summed E-state index contributed by atoms with van der Waals surface area (Å²) in [5.74, 6) is -2.60. The summed E-state index contributed by atoms with van der Waals surface area (Å²) in [5.41, 5.74) is 1.38. The topological polar surface area (TPSA) is 92.7 Å². The van der Waals surface area contributed by atoms with Crippen molar-refractivity contribution in [3.05, 3.63) is 71.8 Å². The molecule has 2 aromatic rings. The van der Waals surface area contributed by atoms with Crippen LogP contribution in [0.5, 0.6) is 0 Å². The average molecular weight is 341 g/mol. The summed E-state index contributed by atoms with van der Waals surface area (Å²) < 4.78 is 12.8. The summed E-state index contributed by atoms with van der Waals surface area (Å²) >= 11 is 0. The number of aliphatic carboxylic acids is 1. The summed E-state index contributed by atoms with van der Waals surface area (Å²) in [6, 6.07) is 15.9. The number of carbonyl (C=O) groups is 2. The number of carbonyl (C=O) groups excluding carboxylic acids is 2. The van der Waals surface area contributed by atoms with Crippen molar-refractivity contribution < 1.29 is 25.6 Å². The Morgan fingerprint density at radius 3 is 2.16 bits per heavy atom. The van der Waals surface area contributed by atoms with Crippen LogP contribution in [0.1, 0.15) is 11.1 Å². The number of carboxylic acids is 1. The molecule has 1 radical (unpaired) electrons. The molecule has 25 heavy (non-hydrogen) atoms.